The van der Waals surface area contributed by atoms with Gasteiger partial charge in [0, 0.05) is 29.2 Å². The molecule has 33 heavy (non-hydrogen) atoms. The third-order valence-corrected chi connectivity index (χ3v) is 6.70. The van der Waals surface area contributed by atoms with Crippen molar-refractivity contribution in [2.75, 3.05) is 0 Å². The molecule has 0 spiro atoms. The Kier molecular flexibility index (Phi) is 3.71. The molecule has 4 atom stereocenters. The minimum Gasteiger partial charge on any atom is -0.507 e. The third kappa shape index (κ3) is 2.28. The molecular formula is C24H18O9. The number of carbonyl (C=O) groups is 1. The molecule has 0 saturated carbocycles. The summed E-state index contributed by atoms with van der Waals surface area (Å²) in [6.07, 6.45) is -2.03. The van der Waals surface area contributed by atoms with Crippen LogP contribution in [-0.4, -0.2) is 42.5 Å². The van der Waals surface area contributed by atoms with Gasteiger partial charge in [-0.15, -0.1) is 0 Å². The zero-order valence-corrected chi connectivity index (χ0v) is 16.9. The highest BCUT2D eigenvalue weighted by atomic mass is 16.7. The first-order valence-corrected chi connectivity index (χ1v) is 10.2. The summed E-state index contributed by atoms with van der Waals surface area (Å²) in [6, 6.07) is 11.0. The number of phenolic OH excluding ortho intramolecular Hbond substituents is 4. The van der Waals surface area contributed by atoms with E-state index in [-0.39, 0.29) is 40.4 Å². The quantitative estimate of drug-likeness (QED) is 0.304. The van der Waals surface area contributed by atoms with Gasteiger partial charge in [0.25, 0.3) is 0 Å². The summed E-state index contributed by atoms with van der Waals surface area (Å²) in [5, 5.41) is 64.5. The topological polar surface area (TPSA) is 157 Å². The summed E-state index contributed by atoms with van der Waals surface area (Å²) in [4.78, 5) is 13.4. The zero-order valence-electron chi connectivity index (χ0n) is 16.9. The number of rotatable bonds is 1. The van der Waals surface area contributed by atoms with Gasteiger partial charge in [0.2, 0.25) is 17.2 Å². The van der Waals surface area contributed by atoms with E-state index in [9.17, 15) is 35.4 Å². The summed E-state index contributed by atoms with van der Waals surface area (Å²) in [5.41, 5.74) is -2.58. The van der Waals surface area contributed by atoms with Gasteiger partial charge in [-0.2, -0.15) is 0 Å². The Morgan fingerprint density at radius 3 is 2.39 bits per heavy atom. The molecule has 9 heteroatoms. The van der Waals surface area contributed by atoms with Crippen molar-refractivity contribution >= 4 is 5.78 Å². The van der Waals surface area contributed by atoms with Crippen molar-refractivity contribution in [1.29, 1.82) is 0 Å². The predicted octanol–water partition coefficient (Wildman–Crippen LogP) is 1.81. The van der Waals surface area contributed by atoms with Crippen LogP contribution in [0.4, 0.5) is 0 Å². The van der Waals surface area contributed by atoms with Crippen LogP contribution >= 0.6 is 0 Å². The van der Waals surface area contributed by atoms with Gasteiger partial charge in [-0.3, -0.25) is 4.79 Å². The number of ether oxygens (including phenoxy) is 2. The van der Waals surface area contributed by atoms with Gasteiger partial charge < -0.3 is 40.1 Å². The van der Waals surface area contributed by atoms with Gasteiger partial charge in [-0.05, 0) is 17.7 Å². The van der Waals surface area contributed by atoms with Crippen LogP contribution in [0.3, 0.4) is 0 Å². The molecule has 1 aliphatic carbocycles. The van der Waals surface area contributed by atoms with E-state index in [1.165, 1.54) is 30.3 Å². The molecule has 6 N–H and O–H groups in total. The molecule has 0 amide bonds. The fourth-order valence-corrected chi connectivity index (χ4v) is 5.14. The molecule has 3 aromatic carbocycles. The van der Waals surface area contributed by atoms with E-state index < -0.39 is 46.4 Å². The highest BCUT2D eigenvalue weighted by Gasteiger charge is 2.69. The number of aromatic hydroxyl groups is 4. The Balaban J connectivity index is 1.66. The first-order valence-electron chi connectivity index (χ1n) is 10.2. The molecule has 0 fully saturated rings. The van der Waals surface area contributed by atoms with E-state index in [4.69, 9.17) is 9.47 Å². The minimum atomic E-state index is -2.75. The Hall–Kier alpha value is -3.79. The SMILES string of the molecule is O=C1c2ccccc2[C@@]2(O)O[C@H]3Cc4c(O)cc(O)c(c4O[C@H]3c3ccc(O)c(O)c3)[C@@]12O. The Bertz CT molecular complexity index is 1370. The fourth-order valence-electron chi connectivity index (χ4n) is 5.14. The van der Waals surface area contributed by atoms with Crippen molar-refractivity contribution in [2.24, 2.45) is 0 Å². The lowest BCUT2D eigenvalue weighted by Crippen LogP contribution is -2.56. The van der Waals surface area contributed by atoms with Gasteiger partial charge in [0.1, 0.15) is 23.4 Å². The number of Topliss-reactive ketones (excluding diaryl/α,β-unsaturated/α-hetero) is 1. The van der Waals surface area contributed by atoms with Crippen LogP contribution in [0.25, 0.3) is 0 Å². The largest absolute Gasteiger partial charge is 0.507 e. The van der Waals surface area contributed by atoms with Crippen molar-refractivity contribution in [3.8, 4) is 28.7 Å². The van der Waals surface area contributed by atoms with Crippen molar-refractivity contribution in [1.82, 2.24) is 0 Å². The van der Waals surface area contributed by atoms with E-state index in [0.29, 0.717) is 5.56 Å². The van der Waals surface area contributed by atoms with Gasteiger partial charge in [-0.25, -0.2) is 0 Å². The van der Waals surface area contributed by atoms with Crippen LogP contribution < -0.4 is 4.74 Å². The average Bonchev–Trinajstić information content (AvgIpc) is 2.94. The van der Waals surface area contributed by atoms with Crippen LogP contribution in [0.1, 0.15) is 38.7 Å². The Morgan fingerprint density at radius 1 is 0.879 bits per heavy atom. The normalized spacial score (nSPS) is 29.1. The number of carbonyl (C=O) groups excluding carboxylic acids is 1. The third-order valence-electron chi connectivity index (χ3n) is 6.70. The van der Waals surface area contributed by atoms with Crippen molar-refractivity contribution < 1.29 is 44.9 Å². The number of hydrogen-bond donors (Lipinski definition) is 6. The van der Waals surface area contributed by atoms with Gasteiger partial charge in [-0.1, -0.05) is 30.3 Å². The monoisotopic (exact) mass is 450 g/mol. The molecule has 168 valence electrons. The first-order chi connectivity index (χ1) is 15.7. The molecule has 3 aliphatic heterocycles. The van der Waals surface area contributed by atoms with Gasteiger partial charge in [0.05, 0.1) is 5.56 Å². The number of fused-ring (bicyclic) bond motifs is 2. The molecule has 0 saturated heterocycles. The number of ketones is 1. The Labute approximate surface area is 186 Å². The lowest BCUT2D eigenvalue weighted by molar-refractivity contribution is -0.325. The lowest BCUT2D eigenvalue weighted by atomic mass is 9.78. The molecule has 0 unspecified atom stereocenters. The summed E-state index contributed by atoms with van der Waals surface area (Å²) in [6.45, 7) is 0. The van der Waals surface area contributed by atoms with Crippen LogP contribution in [0.15, 0.2) is 48.5 Å². The van der Waals surface area contributed by atoms with E-state index in [1.54, 1.807) is 12.1 Å². The second-order valence-corrected chi connectivity index (χ2v) is 8.47. The number of hydrogen-bond acceptors (Lipinski definition) is 9. The van der Waals surface area contributed by atoms with Crippen molar-refractivity contribution in [3.63, 3.8) is 0 Å². The molecule has 9 nitrogen and oxygen atoms in total. The smallest absolute Gasteiger partial charge is 0.236 e. The van der Waals surface area contributed by atoms with Crippen LogP contribution in [-0.2, 0) is 22.5 Å². The van der Waals surface area contributed by atoms with Gasteiger partial charge in [0.15, 0.2) is 17.6 Å². The number of aliphatic hydroxyl groups is 2. The van der Waals surface area contributed by atoms with Crippen LogP contribution in [0, 0.1) is 0 Å². The second-order valence-electron chi connectivity index (χ2n) is 8.47. The van der Waals surface area contributed by atoms with E-state index in [2.05, 4.69) is 0 Å². The standard InChI is InChI=1S/C24H18O9/c25-14-6-5-10(7-16(14)27)20-18-8-12-15(26)9-17(28)19(21(12)32-20)23(30)22(29)11-3-1-2-4-13(11)24(23,31)33-18/h1-7,9,18,20,25-28,30-31H,8H2/t18-,20-,23+,24+/m0/s1. The van der Waals surface area contributed by atoms with Crippen molar-refractivity contribution in [3.05, 3.63) is 76.3 Å². The second kappa shape index (κ2) is 6.16. The van der Waals surface area contributed by atoms with Gasteiger partial charge >= 0.3 is 0 Å². The minimum absolute atomic E-state index is 0.00447. The summed E-state index contributed by atoms with van der Waals surface area (Å²) < 4.78 is 12.1. The van der Waals surface area contributed by atoms with E-state index in [1.807, 2.05) is 0 Å². The molecule has 3 aromatic rings. The van der Waals surface area contributed by atoms with Crippen molar-refractivity contribution in [2.45, 2.75) is 30.0 Å². The predicted molar refractivity (Wildman–Crippen MR) is 110 cm³/mol. The van der Waals surface area contributed by atoms with Crippen LogP contribution in [0.2, 0.25) is 0 Å². The van der Waals surface area contributed by atoms with Crippen LogP contribution in [0.5, 0.6) is 28.7 Å². The van der Waals surface area contributed by atoms with E-state index in [0.717, 1.165) is 6.07 Å². The fraction of sp³-hybridized carbons (Fsp3) is 0.208. The maximum atomic E-state index is 13.4. The molecule has 4 bridgehead atoms. The Morgan fingerprint density at radius 2 is 1.64 bits per heavy atom. The summed E-state index contributed by atoms with van der Waals surface area (Å²) >= 11 is 0. The maximum absolute atomic E-state index is 13.4. The molecule has 3 heterocycles. The zero-order chi connectivity index (χ0) is 23.3. The highest BCUT2D eigenvalue weighted by molar-refractivity contribution is 6.09. The highest BCUT2D eigenvalue weighted by Crippen LogP contribution is 2.61. The summed E-state index contributed by atoms with van der Waals surface area (Å²) in [7, 11) is 0. The lowest BCUT2D eigenvalue weighted by Gasteiger charge is -2.47. The molecule has 0 radical (unpaired) electrons. The molecule has 7 rings (SSSR count). The maximum Gasteiger partial charge on any atom is 0.236 e. The van der Waals surface area contributed by atoms with E-state index >= 15 is 0 Å². The molecule has 4 aliphatic rings. The molecule has 0 aromatic heterocycles. The number of phenols is 4. The average molecular weight is 450 g/mol. The molecular weight excluding hydrogens is 432 g/mol. The number of benzene rings is 3. The summed E-state index contributed by atoms with van der Waals surface area (Å²) in [5.74, 6) is -5.38. The first kappa shape index (κ1) is 19.9.